The molecule has 0 unspecified atom stereocenters. The van der Waals surface area contributed by atoms with Gasteiger partial charge in [-0.1, -0.05) is 32.9 Å². The molecule has 19 heavy (non-hydrogen) atoms. The van der Waals surface area contributed by atoms with Crippen molar-refractivity contribution >= 4 is 6.08 Å². The van der Waals surface area contributed by atoms with Crippen molar-refractivity contribution in [2.24, 2.45) is 5.92 Å². The highest BCUT2D eigenvalue weighted by atomic mass is 16.6. The van der Waals surface area contributed by atoms with Crippen LogP contribution in [0.15, 0.2) is 30.0 Å². The van der Waals surface area contributed by atoms with Crippen molar-refractivity contribution in [3.63, 3.8) is 0 Å². The van der Waals surface area contributed by atoms with E-state index >= 15 is 0 Å². The van der Waals surface area contributed by atoms with Gasteiger partial charge in [-0.25, -0.2) is 0 Å². The smallest absolute Gasteiger partial charge is 0.247 e. The summed E-state index contributed by atoms with van der Waals surface area (Å²) in [4.78, 5) is 10.7. The average Bonchev–Trinajstić information content (AvgIpc) is 2.36. The van der Waals surface area contributed by atoms with E-state index in [0.717, 1.165) is 17.7 Å². The van der Waals surface area contributed by atoms with Gasteiger partial charge in [0.05, 0.1) is 11.5 Å². The minimum Gasteiger partial charge on any atom is -0.494 e. The monoisotopic (exact) mass is 263 g/mol. The first kappa shape index (κ1) is 15.2. The molecular weight excluding hydrogens is 242 g/mol. The normalized spacial score (nSPS) is 11.7. The van der Waals surface area contributed by atoms with Gasteiger partial charge >= 0.3 is 0 Å². The van der Waals surface area contributed by atoms with Crippen LogP contribution in [-0.2, 0) is 0 Å². The Balaban J connectivity index is 2.80. The van der Waals surface area contributed by atoms with Crippen molar-refractivity contribution in [2.75, 3.05) is 6.61 Å². The second-order valence-electron chi connectivity index (χ2n) is 4.91. The molecule has 0 aliphatic heterocycles. The summed E-state index contributed by atoms with van der Waals surface area (Å²) in [6.07, 6.45) is 3.06. The highest BCUT2D eigenvalue weighted by Crippen LogP contribution is 2.18. The lowest BCUT2D eigenvalue weighted by Crippen LogP contribution is -2.02. The van der Waals surface area contributed by atoms with Gasteiger partial charge in [0.25, 0.3) is 0 Å². The third-order valence-electron chi connectivity index (χ3n) is 2.54. The van der Waals surface area contributed by atoms with E-state index in [9.17, 15) is 10.1 Å². The van der Waals surface area contributed by atoms with Gasteiger partial charge < -0.3 is 4.74 Å². The van der Waals surface area contributed by atoms with Crippen LogP contribution in [0.1, 0.15) is 39.2 Å². The number of rotatable bonds is 7. The number of benzene rings is 1. The van der Waals surface area contributed by atoms with Gasteiger partial charge in [0.15, 0.2) is 0 Å². The molecule has 0 saturated carbocycles. The van der Waals surface area contributed by atoms with Crippen molar-refractivity contribution in [1.29, 1.82) is 0 Å². The van der Waals surface area contributed by atoms with Crippen molar-refractivity contribution in [3.8, 4) is 5.75 Å². The number of nitrogens with zero attached hydrogens (tertiary/aromatic N) is 1. The van der Waals surface area contributed by atoms with Crippen LogP contribution in [-0.4, -0.2) is 11.5 Å². The van der Waals surface area contributed by atoms with Gasteiger partial charge in [-0.2, -0.15) is 0 Å². The predicted octanol–water partition coefficient (Wildman–Crippen LogP) is 4.14. The fourth-order valence-electron chi connectivity index (χ4n) is 1.68. The molecule has 0 aliphatic rings. The fraction of sp³-hybridized carbons (Fsp3) is 0.467. The highest BCUT2D eigenvalue weighted by molar-refractivity contribution is 5.52. The molecule has 0 bridgehead atoms. The molecule has 4 nitrogen and oxygen atoms in total. The minimum atomic E-state index is -0.304. The number of hydrogen-bond donors (Lipinski definition) is 0. The molecule has 1 rings (SSSR count). The van der Waals surface area contributed by atoms with E-state index in [-0.39, 0.29) is 16.5 Å². The Morgan fingerprint density at radius 3 is 2.47 bits per heavy atom. The maximum Gasteiger partial charge on any atom is 0.247 e. The molecule has 0 amide bonds. The van der Waals surface area contributed by atoms with E-state index in [1.54, 1.807) is 6.08 Å². The maximum absolute atomic E-state index is 11.0. The van der Waals surface area contributed by atoms with Crippen LogP contribution in [0.25, 0.3) is 6.08 Å². The van der Waals surface area contributed by atoms with Crippen LogP contribution in [0.2, 0.25) is 0 Å². The van der Waals surface area contributed by atoms with E-state index in [0.29, 0.717) is 13.0 Å². The van der Waals surface area contributed by atoms with E-state index in [2.05, 4.69) is 0 Å². The summed E-state index contributed by atoms with van der Waals surface area (Å²) in [5.74, 6) is 1.06. The van der Waals surface area contributed by atoms with Crippen LogP contribution in [0.3, 0.4) is 0 Å². The molecule has 0 spiro atoms. The molecular formula is C15H21NO3. The molecule has 4 heteroatoms. The van der Waals surface area contributed by atoms with Crippen LogP contribution in [0.5, 0.6) is 5.75 Å². The van der Waals surface area contributed by atoms with Crippen molar-refractivity contribution < 1.29 is 9.66 Å². The van der Waals surface area contributed by atoms with Gasteiger partial charge in [0.2, 0.25) is 5.70 Å². The first-order valence-corrected chi connectivity index (χ1v) is 6.60. The lowest BCUT2D eigenvalue weighted by molar-refractivity contribution is -0.427. The molecule has 104 valence electrons. The van der Waals surface area contributed by atoms with E-state index < -0.39 is 0 Å². The summed E-state index contributed by atoms with van der Waals surface area (Å²) in [5, 5.41) is 11.0. The Morgan fingerprint density at radius 1 is 1.37 bits per heavy atom. The number of ether oxygens (including phenoxy) is 1. The minimum absolute atomic E-state index is 0.247. The highest BCUT2D eigenvalue weighted by Gasteiger charge is 2.12. The van der Waals surface area contributed by atoms with Gasteiger partial charge in [0, 0.05) is 12.5 Å². The van der Waals surface area contributed by atoms with Crippen LogP contribution < -0.4 is 4.74 Å². The summed E-state index contributed by atoms with van der Waals surface area (Å²) in [7, 11) is 0. The second-order valence-corrected chi connectivity index (χ2v) is 4.91. The Bertz CT molecular complexity index is 435. The van der Waals surface area contributed by atoms with E-state index in [1.807, 2.05) is 45.0 Å². The molecule has 1 aromatic carbocycles. The summed E-state index contributed by atoms with van der Waals surface area (Å²) in [6.45, 7) is 6.67. The molecule has 0 heterocycles. The molecule has 0 N–H and O–H groups in total. The first-order valence-electron chi connectivity index (χ1n) is 6.60. The Hall–Kier alpha value is -1.84. The Morgan fingerprint density at radius 2 is 2.00 bits per heavy atom. The third-order valence-corrected chi connectivity index (χ3v) is 2.54. The van der Waals surface area contributed by atoms with Crippen LogP contribution >= 0.6 is 0 Å². The van der Waals surface area contributed by atoms with Crippen LogP contribution in [0.4, 0.5) is 0 Å². The summed E-state index contributed by atoms with van der Waals surface area (Å²) in [5.41, 5.74) is 1.08. The summed E-state index contributed by atoms with van der Waals surface area (Å²) < 4.78 is 5.47. The van der Waals surface area contributed by atoms with Gasteiger partial charge in [0.1, 0.15) is 5.75 Å². The van der Waals surface area contributed by atoms with Gasteiger partial charge in [-0.3, -0.25) is 10.1 Å². The SMILES string of the molecule is CCCOc1ccc(C=C(CC(C)C)[N+](=O)[O-])cc1. The van der Waals surface area contributed by atoms with Gasteiger partial charge in [-0.15, -0.1) is 0 Å². The standard InChI is InChI=1S/C15H21NO3/c1-4-9-19-15-7-5-13(6-8-15)11-14(16(17)18)10-12(2)3/h5-8,11-12H,4,9-10H2,1-3H3. The largest absolute Gasteiger partial charge is 0.494 e. The van der Waals surface area contributed by atoms with Crippen LogP contribution in [0, 0.1) is 16.0 Å². The zero-order valence-electron chi connectivity index (χ0n) is 11.8. The summed E-state index contributed by atoms with van der Waals surface area (Å²) in [6, 6.07) is 7.37. The topological polar surface area (TPSA) is 52.4 Å². The lowest BCUT2D eigenvalue weighted by Gasteiger charge is -2.05. The lowest BCUT2D eigenvalue weighted by atomic mass is 10.1. The molecule has 0 saturated heterocycles. The average molecular weight is 263 g/mol. The number of hydrogen-bond acceptors (Lipinski definition) is 3. The predicted molar refractivity (Wildman–Crippen MR) is 76.7 cm³/mol. The fourth-order valence-corrected chi connectivity index (χ4v) is 1.68. The second kappa shape index (κ2) is 7.56. The van der Waals surface area contributed by atoms with Crippen molar-refractivity contribution in [3.05, 3.63) is 45.6 Å². The third kappa shape index (κ3) is 5.55. The molecule has 0 aromatic heterocycles. The summed E-state index contributed by atoms with van der Waals surface area (Å²) >= 11 is 0. The molecule has 0 atom stereocenters. The van der Waals surface area contributed by atoms with E-state index in [4.69, 9.17) is 4.74 Å². The van der Waals surface area contributed by atoms with Gasteiger partial charge in [-0.05, 0) is 30.0 Å². The number of nitro groups is 1. The molecule has 1 aromatic rings. The van der Waals surface area contributed by atoms with Crippen molar-refractivity contribution in [1.82, 2.24) is 0 Å². The zero-order valence-corrected chi connectivity index (χ0v) is 11.8. The zero-order chi connectivity index (χ0) is 14.3. The maximum atomic E-state index is 11.0. The molecule has 0 aliphatic carbocycles. The quantitative estimate of drug-likeness (QED) is 0.548. The number of allylic oxidation sites excluding steroid dienone is 1. The van der Waals surface area contributed by atoms with E-state index in [1.165, 1.54) is 0 Å². The Kier molecular flexibility index (Phi) is 6.06. The molecule has 0 fully saturated rings. The van der Waals surface area contributed by atoms with Crippen molar-refractivity contribution in [2.45, 2.75) is 33.6 Å². The Labute approximate surface area is 114 Å². The molecule has 0 radical (unpaired) electrons. The first-order chi connectivity index (χ1) is 9.02.